The molecule has 0 atom stereocenters. The van der Waals surface area contributed by atoms with Gasteiger partial charge in [-0.2, -0.15) is 5.10 Å². The lowest BCUT2D eigenvalue weighted by Gasteiger charge is -2.27. The molecule has 0 bridgehead atoms. The van der Waals surface area contributed by atoms with Crippen molar-refractivity contribution in [3.05, 3.63) is 114 Å². The molecule has 12 heteroatoms. The molecule has 0 fully saturated rings. The highest BCUT2D eigenvalue weighted by molar-refractivity contribution is 7.92. The van der Waals surface area contributed by atoms with Crippen molar-refractivity contribution in [1.29, 1.82) is 0 Å². The number of amides is 1. The molecule has 0 saturated carbocycles. The fourth-order valence-electron chi connectivity index (χ4n) is 5.11. The number of sulfonamides is 1. The predicted molar refractivity (Wildman–Crippen MR) is 173 cm³/mol. The maximum Gasteiger partial charge on any atom is 0.342 e. The highest BCUT2D eigenvalue weighted by atomic mass is 32.2. The van der Waals surface area contributed by atoms with Crippen LogP contribution in [0.1, 0.15) is 46.5 Å². The Labute approximate surface area is 265 Å². The molecular formula is C34H33FN4O6S. The number of benzene rings is 3. The second-order valence-corrected chi connectivity index (χ2v) is 13.0. The van der Waals surface area contributed by atoms with E-state index in [-0.39, 0.29) is 41.6 Å². The second kappa shape index (κ2) is 13.1. The fraction of sp³-hybridized carbons (Fsp3) is 0.206. The molecular weight excluding hydrogens is 611 g/mol. The van der Waals surface area contributed by atoms with Crippen LogP contribution in [0.25, 0.3) is 27.9 Å². The minimum atomic E-state index is -3.92. The number of fused-ring (bicyclic) bond motifs is 1. The summed E-state index contributed by atoms with van der Waals surface area (Å²) < 4.78 is 48.7. The van der Waals surface area contributed by atoms with Crippen LogP contribution in [0.15, 0.2) is 91.1 Å². The Morgan fingerprint density at radius 3 is 2.37 bits per heavy atom. The van der Waals surface area contributed by atoms with E-state index in [0.29, 0.717) is 27.8 Å². The number of halogens is 1. The number of carbonyl (C=O) groups excluding carboxylic acids is 2. The number of aliphatic hydroxyl groups excluding tert-OH is 1. The number of rotatable bonds is 11. The lowest BCUT2D eigenvalue weighted by atomic mass is 9.93. The van der Waals surface area contributed by atoms with E-state index in [1.165, 1.54) is 42.1 Å². The molecule has 238 valence electrons. The first kappa shape index (κ1) is 32.3. The molecule has 2 aromatic heterocycles. The van der Waals surface area contributed by atoms with Crippen LogP contribution in [0.3, 0.4) is 0 Å². The number of nitrogens with one attached hydrogen (secondary N) is 2. The zero-order valence-corrected chi connectivity index (χ0v) is 26.3. The lowest BCUT2D eigenvalue weighted by molar-refractivity contribution is 0.0603. The van der Waals surface area contributed by atoms with Crippen molar-refractivity contribution < 1.29 is 32.2 Å². The molecule has 0 aliphatic heterocycles. The van der Waals surface area contributed by atoms with Gasteiger partial charge in [0, 0.05) is 23.3 Å². The van der Waals surface area contributed by atoms with Gasteiger partial charge in [-0.05, 0) is 73.9 Å². The van der Waals surface area contributed by atoms with Crippen molar-refractivity contribution in [2.75, 3.05) is 24.2 Å². The van der Waals surface area contributed by atoms with E-state index in [2.05, 4.69) is 15.1 Å². The van der Waals surface area contributed by atoms with E-state index in [0.717, 1.165) is 5.56 Å². The summed E-state index contributed by atoms with van der Waals surface area (Å²) in [6, 6.07) is 23.2. The number of anilines is 1. The van der Waals surface area contributed by atoms with Gasteiger partial charge in [-0.3, -0.25) is 9.52 Å². The maximum atomic E-state index is 13.7. The molecule has 3 aromatic carbocycles. The average Bonchev–Trinajstić information content (AvgIpc) is 3.41. The van der Waals surface area contributed by atoms with E-state index in [4.69, 9.17) is 4.74 Å². The Balaban J connectivity index is 1.65. The van der Waals surface area contributed by atoms with Crippen LogP contribution >= 0.6 is 0 Å². The Kier molecular flexibility index (Phi) is 9.22. The van der Waals surface area contributed by atoms with Crippen LogP contribution < -0.4 is 10.0 Å². The van der Waals surface area contributed by atoms with Gasteiger partial charge in [-0.1, -0.05) is 42.5 Å². The molecule has 10 nitrogen and oxygen atoms in total. The van der Waals surface area contributed by atoms with Crippen LogP contribution in [0.4, 0.5) is 10.1 Å². The summed E-state index contributed by atoms with van der Waals surface area (Å²) in [4.78, 5) is 26.6. The summed E-state index contributed by atoms with van der Waals surface area (Å²) in [7, 11) is -2.70. The monoisotopic (exact) mass is 644 g/mol. The smallest absolute Gasteiger partial charge is 0.342 e. The highest BCUT2D eigenvalue weighted by Crippen LogP contribution is 2.35. The van der Waals surface area contributed by atoms with E-state index >= 15 is 0 Å². The molecule has 0 aliphatic rings. The molecule has 0 unspecified atom stereocenters. The first-order valence-electron chi connectivity index (χ1n) is 14.4. The van der Waals surface area contributed by atoms with Gasteiger partial charge in [0.05, 0.1) is 35.8 Å². The van der Waals surface area contributed by atoms with Crippen LogP contribution in [0, 0.1) is 5.82 Å². The van der Waals surface area contributed by atoms with Gasteiger partial charge in [-0.25, -0.2) is 22.1 Å². The van der Waals surface area contributed by atoms with Gasteiger partial charge in [-0.15, -0.1) is 0 Å². The Hall–Kier alpha value is -5.07. The number of hydrogen-bond acceptors (Lipinski definition) is 7. The van der Waals surface area contributed by atoms with E-state index in [1.54, 1.807) is 30.3 Å². The van der Waals surface area contributed by atoms with Crippen molar-refractivity contribution >= 4 is 33.1 Å². The lowest BCUT2D eigenvalue weighted by Crippen LogP contribution is -2.40. The standard InChI is InChI=1S/C34H33FN4O6S/c1-34(2,25-11-5-4-6-12-25)36-32(41)24-10-7-9-23(19-24)27-20-29-30(33(42)45-3)31(22-13-15-26(35)16-14-22)37-39(29)21-28(27)38-46(43,44)18-8-17-40/h4-7,9-16,19-21,38,40H,8,17-18H2,1-3H3,(H,36,41). The number of nitrogens with zero attached hydrogens (tertiary/aromatic N) is 2. The molecule has 5 aromatic rings. The van der Waals surface area contributed by atoms with Gasteiger partial charge in [0.25, 0.3) is 5.91 Å². The van der Waals surface area contributed by atoms with Crippen LogP contribution in [-0.4, -0.2) is 54.5 Å². The molecule has 46 heavy (non-hydrogen) atoms. The van der Waals surface area contributed by atoms with E-state index < -0.39 is 27.3 Å². The normalized spacial score (nSPS) is 11.8. The molecule has 3 N–H and O–H groups in total. The Morgan fingerprint density at radius 1 is 0.978 bits per heavy atom. The SMILES string of the molecule is COC(=O)c1c(-c2ccc(F)cc2)nn2cc(NS(=O)(=O)CCCO)c(-c3cccc(C(=O)NC(C)(C)c4ccccc4)c3)cc12. The third kappa shape index (κ3) is 6.93. The van der Waals surface area contributed by atoms with Gasteiger partial charge in [0.2, 0.25) is 10.0 Å². The summed E-state index contributed by atoms with van der Waals surface area (Å²) >= 11 is 0. The summed E-state index contributed by atoms with van der Waals surface area (Å²) in [5, 5.41) is 16.8. The number of pyridine rings is 1. The number of hydrogen-bond donors (Lipinski definition) is 3. The number of aromatic nitrogens is 2. The molecule has 1 amide bonds. The third-order valence-corrected chi connectivity index (χ3v) is 8.83. The minimum absolute atomic E-state index is 0.0166. The fourth-order valence-corrected chi connectivity index (χ4v) is 6.22. The third-order valence-electron chi connectivity index (χ3n) is 7.47. The number of aliphatic hydroxyl groups is 1. The first-order valence-corrected chi connectivity index (χ1v) is 16.1. The molecule has 0 aliphatic carbocycles. The number of esters is 1. The number of methoxy groups -OCH3 is 1. The van der Waals surface area contributed by atoms with Crippen LogP contribution in [0.5, 0.6) is 0 Å². The second-order valence-electron chi connectivity index (χ2n) is 11.2. The maximum absolute atomic E-state index is 13.7. The summed E-state index contributed by atoms with van der Waals surface area (Å²) in [6.45, 7) is 3.47. The molecule has 0 saturated heterocycles. The topological polar surface area (TPSA) is 139 Å². The highest BCUT2D eigenvalue weighted by Gasteiger charge is 2.26. The van der Waals surface area contributed by atoms with Crippen molar-refractivity contribution in [3.63, 3.8) is 0 Å². The number of carbonyl (C=O) groups is 2. The Morgan fingerprint density at radius 2 is 1.70 bits per heavy atom. The van der Waals surface area contributed by atoms with Gasteiger partial charge < -0.3 is 15.2 Å². The molecule has 2 heterocycles. The largest absolute Gasteiger partial charge is 0.465 e. The van der Waals surface area contributed by atoms with Crippen LogP contribution in [-0.2, 0) is 20.3 Å². The van der Waals surface area contributed by atoms with Crippen molar-refractivity contribution in [3.8, 4) is 22.4 Å². The minimum Gasteiger partial charge on any atom is -0.465 e. The quantitative estimate of drug-likeness (QED) is 0.164. The molecule has 0 radical (unpaired) electrons. The van der Waals surface area contributed by atoms with Crippen molar-refractivity contribution in [1.82, 2.24) is 14.9 Å². The summed E-state index contributed by atoms with van der Waals surface area (Å²) in [5.74, 6) is -1.86. The average molecular weight is 645 g/mol. The zero-order valence-electron chi connectivity index (χ0n) is 25.5. The first-order chi connectivity index (χ1) is 21.9. The molecule has 0 spiro atoms. The Bertz CT molecular complexity index is 2010. The van der Waals surface area contributed by atoms with Gasteiger partial charge in [0.15, 0.2) is 0 Å². The van der Waals surface area contributed by atoms with Crippen molar-refractivity contribution in [2.45, 2.75) is 25.8 Å². The van der Waals surface area contributed by atoms with E-state index in [1.807, 2.05) is 44.2 Å². The summed E-state index contributed by atoms with van der Waals surface area (Å²) in [5.41, 5.74) is 2.53. The van der Waals surface area contributed by atoms with Gasteiger partial charge in [0.1, 0.15) is 17.1 Å². The van der Waals surface area contributed by atoms with Crippen molar-refractivity contribution in [2.24, 2.45) is 0 Å². The zero-order chi connectivity index (χ0) is 33.1. The number of ether oxygens (including phenoxy) is 1. The molecule has 5 rings (SSSR count). The van der Waals surface area contributed by atoms with E-state index in [9.17, 15) is 27.5 Å². The van der Waals surface area contributed by atoms with Crippen LogP contribution in [0.2, 0.25) is 0 Å². The predicted octanol–water partition coefficient (Wildman–Crippen LogP) is 5.38. The summed E-state index contributed by atoms with van der Waals surface area (Å²) in [6.07, 6.45) is 1.44. The van der Waals surface area contributed by atoms with Gasteiger partial charge >= 0.3 is 5.97 Å².